The van der Waals surface area contributed by atoms with Crippen molar-refractivity contribution in [2.75, 3.05) is 7.11 Å². The molecule has 0 aromatic heterocycles. The van der Waals surface area contributed by atoms with Crippen LogP contribution >= 0.6 is 0 Å². The maximum atomic E-state index is 14.0. The van der Waals surface area contributed by atoms with Gasteiger partial charge in [0.15, 0.2) is 6.04 Å². The molecule has 24 heavy (non-hydrogen) atoms. The van der Waals surface area contributed by atoms with Crippen molar-refractivity contribution in [2.24, 2.45) is 11.8 Å². The molecular formula is C17H24FN3O3. The molecule has 0 saturated carbocycles. The number of esters is 1. The van der Waals surface area contributed by atoms with Gasteiger partial charge in [-0.3, -0.25) is 15.6 Å². The predicted molar refractivity (Wildman–Crippen MR) is 87.1 cm³/mol. The van der Waals surface area contributed by atoms with Crippen molar-refractivity contribution in [2.45, 2.75) is 38.9 Å². The summed E-state index contributed by atoms with van der Waals surface area (Å²) in [6.07, 6.45) is 0. The molecule has 132 valence electrons. The van der Waals surface area contributed by atoms with E-state index in [0.29, 0.717) is 0 Å². The van der Waals surface area contributed by atoms with Crippen LogP contribution in [0.2, 0.25) is 0 Å². The summed E-state index contributed by atoms with van der Waals surface area (Å²) in [7, 11) is 1.21. The molecule has 1 aliphatic heterocycles. The van der Waals surface area contributed by atoms with Crippen LogP contribution in [0.15, 0.2) is 24.3 Å². The van der Waals surface area contributed by atoms with Crippen LogP contribution in [0, 0.1) is 17.7 Å². The second-order valence-corrected chi connectivity index (χ2v) is 6.22. The van der Waals surface area contributed by atoms with Gasteiger partial charge in [-0.2, -0.15) is 0 Å². The molecule has 1 fully saturated rings. The number of methoxy groups -OCH3 is 1. The number of benzene rings is 1. The van der Waals surface area contributed by atoms with E-state index in [9.17, 15) is 14.0 Å². The second kappa shape index (κ2) is 7.72. The number of carbonyl (C=O) groups is 2. The lowest BCUT2D eigenvalue weighted by atomic mass is 9.83. The van der Waals surface area contributed by atoms with Crippen LogP contribution in [0.3, 0.4) is 0 Å². The minimum atomic E-state index is -1.17. The van der Waals surface area contributed by atoms with Gasteiger partial charge in [0.05, 0.1) is 7.11 Å². The second-order valence-electron chi connectivity index (χ2n) is 6.22. The number of rotatable bonds is 5. The molecular weight excluding hydrogens is 313 g/mol. The molecule has 1 aliphatic rings. The van der Waals surface area contributed by atoms with Gasteiger partial charge in [0.2, 0.25) is 5.91 Å². The van der Waals surface area contributed by atoms with Crippen molar-refractivity contribution in [1.82, 2.24) is 16.2 Å². The average Bonchev–Trinajstić information content (AvgIpc) is 2.90. The molecule has 1 heterocycles. The lowest BCUT2D eigenvalue weighted by Crippen LogP contribution is -2.43. The minimum absolute atomic E-state index is 0.0453. The molecule has 3 N–H and O–H groups in total. The number of carbonyl (C=O) groups excluding carboxylic acids is 2. The van der Waals surface area contributed by atoms with Gasteiger partial charge in [0.25, 0.3) is 0 Å². The molecule has 1 amide bonds. The SMILES string of the molecule is COC(=O)C(NC(=O)C(C)C1C(C)NNC1C)c1ccccc1F. The highest BCUT2D eigenvalue weighted by Crippen LogP contribution is 2.25. The van der Waals surface area contributed by atoms with Crippen LogP contribution < -0.4 is 16.2 Å². The first kappa shape index (κ1) is 18.4. The standard InChI is InChI=1S/C17H24FN3O3/c1-9(14-10(2)20-21-11(14)3)16(22)19-15(17(23)24-4)12-7-5-6-8-13(12)18/h5-11,14-15,20-21H,1-4H3,(H,19,22). The van der Waals surface area contributed by atoms with E-state index in [1.54, 1.807) is 13.0 Å². The molecule has 1 aromatic rings. The molecule has 2 rings (SSSR count). The summed E-state index contributed by atoms with van der Waals surface area (Å²) in [5.41, 5.74) is 6.29. The predicted octanol–water partition coefficient (Wildman–Crippen LogP) is 1.29. The summed E-state index contributed by atoms with van der Waals surface area (Å²) in [5, 5.41) is 2.63. The fraction of sp³-hybridized carbons (Fsp3) is 0.529. The van der Waals surface area contributed by atoms with E-state index in [1.165, 1.54) is 25.3 Å². The lowest BCUT2D eigenvalue weighted by molar-refractivity contribution is -0.146. The molecule has 0 spiro atoms. The zero-order valence-corrected chi connectivity index (χ0v) is 14.3. The first-order valence-electron chi connectivity index (χ1n) is 8.00. The summed E-state index contributed by atoms with van der Waals surface area (Å²) >= 11 is 0. The van der Waals surface area contributed by atoms with Crippen LogP contribution in [0.5, 0.6) is 0 Å². The Morgan fingerprint density at radius 3 is 2.33 bits per heavy atom. The number of halogens is 1. The fourth-order valence-corrected chi connectivity index (χ4v) is 3.29. The first-order chi connectivity index (χ1) is 11.4. The van der Waals surface area contributed by atoms with E-state index < -0.39 is 17.8 Å². The Morgan fingerprint density at radius 1 is 1.21 bits per heavy atom. The highest BCUT2D eigenvalue weighted by molar-refractivity contribution is 5.86. The number of hydrogen-bond acceptors (Lipinski definition) is 5. The molecule has 0 bridgehead atoms. The van der Waals surface area contributed by atoms with Crippen molar-refractivity contribution in [3.8, 4) is 0 Å². The zero-order valence-electron chi connectivity index (χ0n) is 14.3. The van der Waals surface area contributed by atoms with Gasteiger partial charge in [0.1, 0.15) is 5.82 Å². The average molecular weight is 337 g/mol. The van der Waals surface area contributed by atoms with Gasteiger partial charge in [-0.05, 0) is 19.9 Å². The number of ether oxygens (including phenoxy) is 1. The maximum absolute atomic E-state index is 14.0. The summed E-state index contributed by atoms with van der Waals surface area (Å²) in [4.78, 5) is 24.7. The smallest absolute Gasteiger partial charge is 0.333 e. The van der Waals surface area contributed by atoms with Crippen molar-refractivity contribution in [1.29, 1.82) is 0 Å². The fourth-order valence-electron chi connectivity index (χ4n) is 3.29. The summed E-state index contributed by atoms with van der Waals surface area (Å²) < 4.78 is 18.8. The van der Waals surface area contributed by atoms with E-state index >= 15 is 0 Å². The van der Waals surface area contributed by atoms with Crippen LogP contribution in [0.4, 0.5) is 4.39 Å². The number of hydrazine groups is 1. The highest BCUT2D eigenvalue weighted by Gasteiger charge is 2.38. The van der Waals surface area contributed by atoms with Crippen molar-refractivity contribution in [3.05, 3.63) is 35.6 Å². The first-order valence-corrected chi connectivity index (χ1v) is 8.00. The highest BCUT2D eigenvalue weighted by atomic mass is 19.1. The summed E-state index contributed by atoms with van der Waals surface area (Å²) in [5.74, 6) is -1.90. The van der Waals surface area contributed by atoms with Crippen molar-refractivity contribution in [3.63, 3.8) is 0 Å². The van der Waals surface area contributed by atoms with Gasteiger partial charge in [-0.1, -0.05) is 25.1 Å². The number of nitrogens with one attached hydrogen (secondary N) is 3. The van der Waals surface area contributed by atoms with Crippen molar-refractivity contribution < 1.29 is 18.7 Å². The molecule has 0 radical (unpaired) electrons. The molecule has 4 atom stereocenters. The van der Waals surface area contributed by atoms with Gasteiger partial charge in [-0.15, -0.1) is 0 Å². The van der Waals surface area contributed by atoms with Gasteiger partial charge >= 0.3 is 5.97 Å². The summed E-state index contributed by atoms with van der Waals surface area (Å²) in [6.45, 7) is 5.77. The van der Waals surface area contributed by atoms with Gasteiger partial charge in [-0.25, -0.2) is 9.18 Å². The number of hydrogen-bond donors (Lipinski definition) is 3. The normalized spacial score (nSPS) is 25.8. The molecule has 7 heteroatoms. The van der Waals surface area contributed by atoms with E-state index in [-0.39, 0.29) is 35.4 Å². The number of amides is 1. The molecule has 0 aliphatic carbocycles. The Labute approximate surface area is 141 Å². The van der Waals surface area contributed by atoms with E-state index in [1.807, 2.05) is 13.8 Å². The minimum Gasteiger partial charge on any atom is -0.467 e. The van der Waals surface area contributed by atoms with Crippen molar-refractivity contribution >= 4 is 11.9 Å². The lowest BCUT2D eigenvalue weighted by Gasteiger charge is -2.26. The quantitative estimate of drug-likeness (QED) is 0.706. The summed E-state index contributed by atoms with van der Waals surface area (Å²) in [6, 6.07) is 4.88. The Bertz CT molecular complexity index is 600. The Balaban J connectivity index is 2.19. The van der Waals surface area contributed by atoms with Crippen LogP contribution in [-0.4, -0.2) is 31.1 Å². The molecule has 1 saturated heterocycles. The monoisotopic (exact) mass is 337 g/mol. The topological polar surface area (TPSA) is 79.5 Å². The van der Waals surface area contributed by atoms with Crippen LogP contribution in [-0.2, 0) is 14.3 Å². The van der Waals surface area contributed by atoms with Crippen LogP contribution in [0.25, 0.3) is 0 Å². The van der Waals surface area contributed by atoms with E-state index in [2.05, 4.69) is 16.2 Å². The largest absolute Gasteiger partial charge is 0.467 e. The Hall–Kier alpha value is -1.99. The van der Waals surface area contributed by atoms with E-state index in [4.69, 9.17) is 4.74 Å². The van der Waals surface area contributed by atoms with Crippen LogP contribution in [0.1, 0.15) is 32.4 Å². The zero-order chi connectivity index (χ0) is 17.9. The third-order valence-corrected chi connectivity index (χ3v) is 4.62. The third kappa shape index (κ3) is 3.73. The van der Waals surface area contributed by atoms with E-state index in [0.717, 1.165) is 0 Å². The molecule has 6 nitrogen and oxygen atoms in total. The molecule has 1 aromatic carbocycles. The Morgan fingerprint density at radius 2 is 1.79 bits per heavy atom. The Kier molecular flexibility index (Phi) is 5.90. The maximum Gasteiger partial charge on any atom is 0.333 e. The van der Waals surface area contributed by atoms with Gasteiger partial charge < -0.3 is 10.1 Å². The van der Waals surface area contributed by atoms with Gasteiger partial charge in [0, 0.05) is 29.5 Å². The third-order valence-electron chi connectivity index (χ3n) is 4.62. The molecule has 4 unspecified atom stereocenters.